The quantitative estimate of drug-likeness (QED) is 0.517. The molecular weight excluding hydrogens is 314 g/mol. The fraction of sp³-hybridized carbons (Fsp3) is 0.167. The van der Waals surface area contributed by atoms with Crippen LogP contribution in [0, 0.1) is 6.92 Å². The van der Waals surface area contributed by atoms with E-state index >= 15 is 0 Å². The minimum Gasteiger partial charge on any atom is -0.398 e. The predicted octanol–water partition coefficient (Wildman–Crippen LogP) is 2.72. The van der Waals surface area contributed by atoms with Gasteiger partial charge in [0.15, 0.2) is 5.16 Å². The van der Waals surface area contributed by atoms with Crippen LogP contribution in [-0.2, 0) is 5.75 Å². The van der Waals surface area contributed by atoms with Gasteiger partial charge in [0.1, 0.15) is 0 Å². The molecule has 2 rings (SSSR count). The van der Waals surface area contributed by atoms with Crippen LogP contribution in [0.4, 0.5) is 5.69 Å². The van der Waals surface area contributed by atoms with E-state index in [0.717, 1.165) is 15.7 Å². The summed E-state index contributed by atoms with van der Waals surface area (Å²) in [6, 6.07) is 7.28. The largest absolute Gasteiger partial charge is 0.398 e. The molecule has 1 heterocycles. The molecule has 0 fully saturated rings. The number of aryl methyl sites for hydroxylation is 1. The minimum atomic E-state index is -0.125. The highest BCUT2D eigenvalue weighted by Crippen LogP contribution is 2.24. The van der Waals surface area contributed by atoms with Gasteiger partial charge in [0.25, 0.3) is 5.56 Å². The van der Waals surface area contributed by atoms with Crippen molar-refractivity contribution in [1.82, 2.24) is 9.97 Å². The fourth-order valence-electron chi connectivity index (χ4n) is 1.45. The molecule has 0 atom stereocenters. The molecule has 94 valence electrons. The van der Waals surface area contributed by atoms with Gasteiger partial charge in [0.05, 0.1) is 0 Å². The molecule has 0 aliphatic rings. The van der Waals surface area contributed by atoms with Gasteiger partial charge >= 0.3 is 0 Å². The van der Waals surface area contributed by atoms with E-state index in [2.05, 4.69) is 25.9 Å². The van der Waals surface area contributed by atoms with Crippen molar-refractivity contribution in [2.24, 2.45) is 0 Å². The topological polar surface area (TPSA) is 71.8 Å². The van der Waals surface area contributed by atoms with Gasteiger partial charge in [-0.15, -0.1) is 0 Å². The second-order valence-electron chi connectivity index (χ2n) is 3.84. The molecule has 0 amide bonds. The summed E-state index contributed by atoms with van der Waals surface area (Å²) in [5.74, 6) is 0.712. The van der Waals surface area contributed by atoms with Crippen molar-refractivity contribution in [3.63, 3.8) is 0 Å². The zero-order valence-corrected chi connectivity index (χ0v) is 12.1. The Morgan fingerprint density at radius 3 is 2.89 bits per heavy atom. The van der Waals surface area contributed by atoms with Crippen molar-refractivity contribution >= 4 is 33.4 Å². The highest BCUT2D eigenvalue weighted by molar-refractivity contribution is 9.10. The highest BCUT2D eigenvalue weighted by Gasteiger charge is 2.02. The Labute approximate surface area is 117 Å². The average Bonchev–Trinajstić information content (AvgIpc) is 2.29. The molecule has 0 unspecified atom stereocenters. The lowest BCUT2D eigenvalue weighted by Gasteiger charge is -2.04. The van der Waals surface area contributed by atoms with Crippen LogP contribution >= 0.6 is 27.7 Å². The summed E-state index contributed by atoms with van der Waals surface area (Å²) in [5.41, 5.74) is 8.20. The number of hydrogen-bond donors (Lipinski definition) is 2. The number of nitrogens with zero attached hydrogens (tertiary/aromatic N) is 1. The maximum Gasteiger partial charge on any atom is 0.251 e. The number of aromatic nitrogens is 2. The highest BCUT2D eigenvalue weighted by atomic mass is 79.9. The third kappa shape index (κ3) is 3.36. The van der Waals surface area contributed by atoms with Crippen molar-refractivity contribution in [3.05, 3.63) is 50.3 Å². The second kappa shape index (κ2) is 5.58. The SMILES string of the molecule is Cc1cc(=O)[nH]c(SCc2ccc(Br)c(N)c2)n1. The summed E-state index contributed by atoms with van der Waals surface area (Å²) in [7, 11) is 0. The molecule has 0 saturated carbocycles. The van der Waals surface area contributed by atoms with Gasteiger partial charge in [-0.3, -0.25) is 4.79 Å². The Hall–Kier alpha value is -1.27. The molecule has 2 aromatic rings. The Bertz CT molecular complexity index is 627. The molecule has 0 bridgehead atoms. The van der Waals surface area contributed by atoms with E-state index in [-0.39, 0.29) is 5.56 Å². The lowest BCUT2D eigenvalue weighted by Crippen LogP contribution is -2.08. The van der Waals surface area contributed by atoms with Crippen molar-refractivity contribution in [3.8, 4) is 0 Å². The summed E-state index contributed by atoms with van der Waals surface area (Å²) in [6.07, 6.45) is 0. The second-order valence-corrected chi connectivity index (χ2v) is 5.65. The van der Waals surface area contributed by atoms with Crippen molar-refractivity contribution in [1.29, 1.82) is 0 Å². The number of hydrogen-bond acceptors (Lipinski definition) is 4. The number of benzene rings is 1. The fourth-order valence-corrected chi connectivity index (χ4v) is 2.57. The van der Waals surface area contributed by atoms with E-state index in [9.17, 15) is 4.79 Å². The number of nitrogens with one attached hydrogen (secondary N) is 1. The molecule has 1 aromatic heterocycles. The van der Waals surface area contributed by atoms with Gasteiger partial charge in [0, 0.05) is 27.7 Å². The molecule has 0 spiro atoms. The number of H-pyrrole nitrogens is 1. The Kier molecular flexibility index (Phi) is 4.08. The normalized spacial score (nSPS) is 10.6. The standard InChI is InChI=1S/C12H12BrN3OS/c1-7-4-11(17)16-12(15-7)18-6-8-2-3-9(13)10(14)5-8/h2-5H,6,14H2,1H3,(H,15,16,17). The lowest BCUT2D eigenvalue weighted by atomic mass is 10.2. The van der Waals surface area contributed by atoms with Crippen LogP contribution in [-0.4, -0.2) is 9.97 Å². The zero-order chi connectivity index (χ0) is 13.1. The summed E-state index contributed by atoms with van der Waals surface area (Å²) < 4.78 is 0.887. The van der Waals surface area contributed by atoms with E-state index in [4.69, 9.17) is 5.73 Å². The first-order valence-corrected chi connectivity index (χ1v) is 7.07. The number of nitrogen functional groups attached to an aromatic ring is 1. The lowest BCUT2D eigenvalue weighted by molar-refractivity contribution is 0.905. The predicted molar refractivity (Wildman–Crippen MR) is 77.7 cm³/mol. The maximum absolute atomic E-state index is 11.3. The van der Waals surface area contributed by atoms with Gasteiger partial charge in [-0.1, -0.05) is 17.8 Å². The van der Waals surface area contributed by atoms with Gasteiger partial charge in [-0.2, -0.15) is 0 Å². The molecule has 1 aromatic carbocycles. The summed E-state index contributed by atoms with van der Waals surface area (Å²) >= 11 is 4.83. The molecule has 0 saturated heterocycles. The maximum atomic E-state index is 11.3. The summed E-state index contributed by atoms with van der Waals surface area (Å²) in [4.78, 5) is 18.2. The van der Waals surface area contributed by atoms with Crippen LogP contribution in [0.25, 0.3) is 0 Å². The van der Waals surface area contributed by atoms with Crippen LogP contribution in [0.2, 0.25) is 0 Å². The van der Waals surface area contributed by atoms with E-state index in [1.54, 1.807) is 6.92 Å². The van der Waals surface area contributed by atoms with E-state index in [1.165, 1.54) is 17.8 Å². The van der Waals surface area contributed by atoms with Gasteiger partial charge in [-0.05, 0) is 40.5 Å². The molecule has 3 N–H and O–H groups in total. The van der Waals surface area contributed by atoms with Crippen molar-refractivity contribution in [2.45, 2.75) is 17.8 Å². The van der Waals surface area contributed by atoms with E-state index < -0.39 is 0 Å². The van der Waals surface area contributed by atoms with Crippen LogP contribution in [0.3, 0.4) is 0 Å². The number of aromatic amines is 1. The molecule has 0 aliphatic carbocycles. The average molecular weight is 326 g/mol. The van der Waals surface area contributed by atoms with Crippen LogP contribution < -0.4 is 11.3 Å². The molecule has 6 heteroatoms. The molecule has 4 nitrogen and oxygen atoms in total. The summed E-state index contributed by atoms with van der Waals surface area (Å²) in [6.45, 7) is 1.80. The van der Waals surface area contributed by atoms with Crippen LogP contribution in [0.15, 0.2) is 38.7 Å². The Morgan fingerprint density at radius 2 is 2.22 bits per heavy atom. The van der Waals surface area contributed by atoms with Gasteiger partial charge in [0.2, 0.25) is 0 Å². The molecule has 0 radical (unpaired) electrons. The van der Waals surface area contributed by atoms with Crippen molar-refractivity contribution in [2.75, 3.05) is 5.73 Å². The first-order valence-electron chi connectivity index (χ1n) is 5.29. The molecule has 18 heavy (non-hydrogen) atoms. The van der Waals surface area contributed by atoms with Crippen LogP contribution in [0.1, 0.15) is 11.3 Å². The third-order valence-electron chi connectivity index (χ3n) is 2.28. The number of anilines is 1. The number of halogens is 1. The van der Waals surface area contributed by atoms with Crippen LogP contribution in [0.5, 0.6) is 0 Å². The number of thioether (sulfide) groups is 1. The van der Waals surface area contributed by atoms with Gasteiger partial charge < -0.3 is 10.7 Å². The molecule has 0 aliphatic heterocycles. The first-order chi connectivity index (χ1) is 8.54. The zero-order valence-electron chi connectivity index (χ0n) is 9.74. The molecular formula is C12H12BrN3OS. The Morgan fingerprint density at radius 1 is 1.44 bits per heavy atom. The van der Waals surface area contributed by atoms with Gasteiger partial charge in [-0.25, -0.2) is 4.98 Å². The monoisotopic (exact) mass is 325 g/mol. The first kappa shape index (κ1) is 13.2. The third-order valence-corrected chi connectivity index (χ3v) is 3.95. The summed E-state index contributed by atoms with van der Waals surface area (Å²) in [5, 5.41) is 0.626. The Balaban J connectivity index is 2.11. The van der Waals surface area contributed by atoms with E-state index in [0.29, 0.717) is 16.6 Å². The van der Waals surface area contributed by atoms with E-state index in [1.807, 2.05) is 18.2 Å². The van der Waals surface area contributed by atoms with Crippen molar-refractivity contribution < 1.29 is 0 Å². The number of nitrogens with two attached hydrogens (primary N) is 1. The smallest absolute Gasteiger partial charge is 0.251 e. The minimum absolute atomic E-state index is 0.125. The number of rotatable bonds is 3.